The Kier molecular flexibility index (Phi) is 5.86. The maximum Gasteiger partial charge on any atom is 0.220 e. The molecule has 2 rings (SSSR count). The van der Waals surface area contributed by atoms with Gasteiger partial charge >= 0.3 is 0 Å². The van der Waals surface area contributed by atoms with Gasteiger partial charge in [-0.05, 0) is 49.9 Å². The van der Waals surface area contributed by atoms with E-state index < -0.39 is 0 Å². The van der Waals surface area contributed by atoms with Crippen LogP contribution in [-0.4, -0.2) is 19.0 Å². The van der Waals surface area contributed by atoms with Gasteiger partial charge in [-0.15, -0.1) is 0 Å². The number of amides is 1. The number of hydrogen-bond donors (Lipinski definition) is 2. The molecule has 1 heterocycles. The number of nitrogens with one attached hydrogen (secondary N) is 2. The van der Waals surface area contributed by atoms with Gasteiger partial charge in [0.15, 0.2) is 0 Å². The Balaban J connectivity index is 1.68. The summed E-state index contributed by atoms with van der Waals surface area (Å²) in [6.45, 7) is 2.80. The van der Waals surface area contributed by atoms with E-state index in [0.717, 1.165) is 35.5 Å². The topological polar surface area (TPSA) is 41.1 Å². The highest BCUT2D eigenvalue weighted by Crippen LogP contribution is 2.18. The van der Waals surface area contributed by atoms with Crippen LogP contribution in [0.2, 0.25) is 0 Å². The molecule has 4 heteroatoms. The summed E-state index contributed by atoms with van der Waals surface area (Å²) < 4.78 is 1.05. The van der Waals surface area contributed by atoms with E-state index in [2.05, 4.69) is 26.6 Å². The van der Waals surface area contributed by atoms with E-state index in [1.165, 1.54) is 12.8 Å². The summed E-state index contributed by atoms with van der Waals surface area (Å²) in [4.78, 5) is 11.8. The van der Waals surface area contributed by atoms with Gasteiger partial charge in [-0.3, -0.25) is 4.79 Å². The molecule has 0 bridgehead atoms. The van der Waals surface area contributed by atoms with E-state index in [1.807, 2.05) is 24.3 Å². The molecule has 3 nitrogen and oxygen atoms in total. The van der Waals surface area contributed by atoms with Crippen molar-refractivity contribution in [1.82, 2.24) is 10.6 Å². The van der Waals surface area contributed by atoms with Crippen LogP contribution >= 0.6 is 15.9 Å². The smallest absolute Gasteiger partial charge is 0.220 e. The van der Waals surface area contributed by atoms with Crippen molar-refractivity contribution in [2.45, 2.75) is 32.2 Å². The van der Waals surface area contributed by atoms with E-state index in [1.54, 1.807) is 0 Å². The largest absolute Gasteiger partial charge is 0.352 e. The molecule has 104 valence electrons. The Hall–Kier alpha value is -0.870. The molecule has 0 atom stereocenters. The van der Waals surface area contributed by atoms with Gasteiger partial charge in [-0.25, -0.2) is 0 Å². The first kappa shape index (κ1) is 14.5. The number of benzene rings is 1. The molecular weight excluding hydrogens is 304 g/mol. The van der Waals surface area contributed by atoms with E-state index >= 15 is 0 Å². The van der Waals surface area contributed by atoms with Crippen LogP contribution in [0.4, 0.5) is 0 Å². The number of rotatable bonds is 5. The summed E-state index contributed by atoms with van der Waals surface area (Å²) in [5, 5.41) is 6.34. The van der Waals surface area contributed by atoms with Gasteiger partial charge in [0.1, 0.15) is 0 Å². The van der Waals surface area contributed by atoms with E-state index in [0.29, 0.717) is 13.0 Å². The van der Waals surface area contributed by atoms with Crippen LogP contribution in [-0.2, 0) is 11.3 Å². The molecule has 1 saturated heterocycles. The van der Waals surface area contributed by atoms with Crippen LogP contribution in [0.1, 0.15) is 31.2 Å². The Labute approximate surface area is 123 Å². The fraction of sp³-hybridized carbons (Fsp3) is 0.533. The lowest BCUT2D eigenvalue weighted by atomic mass is 9.93. The lowest BCUT2D eigenvalue weighted by Crippen LogP contribution is -2.29. The van der Waals surface area contributed by atoms with Crippen molar-refractivity contribution in [3.05, 3.63) is 34.3 Å². The van der Waals surface area contributed by atoms with Crippen molar-refractivity contribution in [3.8, 4) is 0 Å². The molecule has 0 radical (unpaired) electrons. The number of piperidine rings is 1. The van der Waals surface area contributed by atoms with Crippen molar-refractivity contribution in [2.24, 2.45) is 5.92 Å². The highest BCUT2D eigenvalue weighted by atomic mass is 79.9. The lowest BCUT2D eigenvalue weighted by molar-refractivity contribution is -0.121. The van der Waals surface area contributed by atoms with Crippen LogP contribution in [0, 0.1) is 5.92 Å². The quantitative estimate of drug-likeness (QED) is 0.874. The molecule has 0 aliphatic carbocycles. The molecule has 1 amide bonds. The van der Waals surface area contributed by atoms with Crippen molar-refractivity contribution in [2.75, 3.05) is 13.1 Å². The van der Waals surface area contributed by atoms with Gasteiger partial charge < -0.3 is 10.6 Å². The molecule has 1 aromatic carbocycles. The second-order valence-electron chi connectivity index (χ2n) is 5.10. The van der Waals surface area contributed by atoms with Gasteiger partial charge in [-0.2, -0.15) is 0 Å². The Morgan fingerprint density at radius 3 is 2.79 bits per heavy atom. The first-order valence-corrected chi connectivity index (χ1v) is 7.76. The molecule has 1 aromatic rings. The molecule has 2 N–H and O–H groups in total. The number of carbonyl (C=O) groups excluding carboxylic acids is 1. The Bertz CT molecular complexity index is 416. The zero-order chi connectivity index (χ0) is 13.5. The SMILES string of the molecule is O=C(CCC1CCNCC1)NCc1ccccc1Br. The van der Waals surface area contributed by atoms with Crippen LogP contribution in [0.15, 0.2) is 28.7 Å². The third-order valence-corrected chi connectivity index (χ3v) is 4.45. The minimum Gasteiger partial charge on any atom is -0.352 e. The fourth-order valence-electron chi connectivity index (χ4n) is 2.43. The predicted octanol–water partition coefficient (Wildman–Crippen LogP) is 2.85. The molecule has 1 aliphatic heterocycles. The zero-order valence-corrected chi connectivity index (χ0v) is 12.7. The second-order valence-corrected chi connectivity index (χ2v) is 5.95. The Morgan fingerprint density at radius 1 is 1.32 bits per heavy atom. The highest BCUT2D eigenvalue weighted by Gasteiger charge is 2.14. The first-order valence-electron chi connectivity index (χ1n) is 6.96. The minimum atomic E-state index is 0.161. The van der Waals surface area contributed by atoms with Crippen LogP contribution in [0.3, 0.4) is 0 Å². The molecule has 19 heavy (non-hydrogen) atoms. The lowest BCUT2D eigenvalue weighted by Gasteiger charge is -2.22. The standard InChI is InChI=1S/C15H21BrN2O/c16-14-4-2-1-3-13(14)11-18-15(19)6-5-12-7-9-17-10-8-12/h1-4,12,17H,5-11H2,(H,18,19). The van der Waals surface area contributed by atoms with Gasteiger partial charge in [0.2, 0.25) is 5.91 Å². The van der Waals surface area contributed by atoms with Gasteiger partial charge in [0, 0.05) is 17.4 Å². The van der Waals surface area contributed by atoms with Crippen LogP contribution < -0.4 is 10.6 Å². The monoisotopic (exact) mass is 324 g/mol. The van der Waals surface area contributed by atoms with Crippen molar-refractivity contribution in [1.29, 1.82) is 0 Å². The number of carbonyl (C=O) groups is 1. The summed E-state index contributed by atoms with van der Waals surface area (Å²) in [5.41, 5.74) is 1.12. The van der Waals surface area contributed by atoms with E-state index in [9.17, 15) is 4.79 Å². The predicted molar refractivity (Wildman–Crippen MR) is 80.8 cm³/mol. The average Bonchev–Trinajstić information content (AvgIpc) is 2.45. The third-order valence-electron chi connectivity index (χ3n) is 3.67. The molecule has 1 fully saturated rings. The van der Waals surface area contributed by atoms with Gasteiger partial charge in [0.05, 0.1) is 0 Å². The summed E-state index contributed by atoms with van der Waals surface area (Å²) in [6.07, 6.45) is 4.08. The summed E-state index contributed by atoms with van der Waals surface area (Å²) in [6, 6.07) is 7.99. The molecule has 0 spiro atoms. The Morgan fingerprint density at radius 2 is 2.05 bits per heavy atom. The van der Waals surface area contributed by atoms with Crippen molar-refractivity contribution >= 4 is 21.8 Å². The van der Waals surface area contributed by atoms with Gasteiger partial charge in [0.25, 0.3) is 0 Å². The molecular formula is C15H21BrN2O. The normalized spacial score (nSPS) is 16.3. The zero-order valence-electron chi connectivity index (χ0n) is 11.1. The minimum absolute atomic E-state index is 0.161. The second kappa shape index (κ2) is 7.65. The third kappa shape index (κ3) is 4.96. The van der Waals surface area contributed by atoms with Gasteiger partial charge in [-0.1, -0.05) is 34.1 Å². The molecule has 0 aromatic heterocycles. The van der Waals surface area contributed by atoms with Crippen molar-refractivity contribution in [3.63, 3.8) is 0 Å². The number of hydrogen-bond acceptors (Lipinski definition) is 2. The average molecular weight is 325 g/mol. The van der Waals surface area contributed by atoms with Crippen LogP contribution in [0.5, 0.6) is 0 Å². The maximum absolute atomic E-state index is 11.8. The number of halogens is 1. The fourth-order valence-corrected chi connectivity index (χ4v) is 2.85. The first-order chi connectivity index (χ1) is 9.25. The molecule has 0 unspecified atom stereocenters. The van der Waals surface area contributed by atoms with E-state index in [4.69, 9.17) is 0 Å². The van der Waals surface area contributed by atoms with E-state index in [-0.39, 0.29) is 5.91 Å². The summed E-state index contributed by atoms with van der Waals surface area (Å²) >= 11 is 3.49. The highest BCUT2D eigenvalue weighted by molar-refractivity contribution is 9.10. The maximum atomic E-state index is 11.8. The molecule has 0 saturated carbocycles. The summed E-state index contributed by atoms with van der Waals surface area (Å²) in [7, 11) is 0. The molecule has 1 aliphatic rings. The summed E-state index contributed by atoms with van der Waals surface area (Å²) in [5.74, 6) is 0.879. The van der Waals surface area contributed by atoms with Crippen molar-refractivity contribution < 1.29 is 4.79 Å². The van der Waals surface area contributed by atoms with Crippen LogP contribution in [0.25, 0.3) is 0 Å².